The minimum Gasteiger partial charge on any atom is -0.494 e. The number of fused-ring (bicyclic) bond motifs is 1. The molecule has 0 atom stereocenters. The summed E-state index contributed by atoms with van der Waals surface area (Å²) in [6.45, 7) is 5.22. The van der Waals surface area contributed by atoms with Crippen LogP contribution in [-0.2, 0) is 4.79 Å². The largest absolute Gasteiger partial charge is 0.494 e. The predicted molar refractivity (Wildman–Crippen MR) is 120 cm³/mol. The van der Waals surface area contributed by atoms with Crippen molar-refractivity contribution in [2.45, 2.75) is 37.9 Å². The van der Waals surface area contributed by atoms with Gasteiger partial charge in [0.05, 0.1) is 29.0 Å². The molecule has 0 aliphatic heterocycles. The molecule has 0 unspecified atom stereocenters. The minimum absolute atomic E-state index is 0.0886. The Kier molecular flexibility index (Phi) is 6.08. The topological polar surface area (TPSA) is 64.4 Å². The van der Waals surface area contributed by atoms with E-state index < -0.39 is 0 Å². The van der Waals surface area contributed by atoms with Crippen LogP contribution in [0.25, 0.3) is 16.6 Å². The lowest BCUT2D eigenvalue weighted by atomic mass is 10.2. The van der Waals surface area contributed by atoms with Crippen LogP contribution in [0.15, 0.2) is 58.5 Å². The molecule has 0 saturated heterocycles. The number of aromatic nitrogens is 2. The Balaban J connectivity index is 1.70. The number of benzene rings is 2. The van der Waals surface area contributed by atoms with E-state index in [4.69, 9.17) is 9.72 Å². The molecule has 2 aromatic carbocycles. The van der Waals surface area contributed by atoms with Crippen LogP contribution >= 0.6 is 11.8 Å². The molecular formula is C23H25N3O3S. The summed E-state index contributed by atoms with van der Waals surface area (Å²) < 4.78 is 7.10. The van der Waals surface area contributed by atoms with Gasteiger partial charge in [-0.1, -0.05) is 23.9 Å². The van der Waals surface area contributed by atoms with Crippen molar-refractivity contribution in [3.63, 3.8) is 0 Å². The molecule has 4 rings (SSSR count). The Morgan fingerprint density at radius 1 is 1.17 bits per heavy atom. The number of hydrogen-bond donors (Lipinski definition) is 0. The van der Waals surface area contributed by atoms with Gasteiger partial charge in [0.2, 0.25) is 5.91 Å². The Morgan fingerprint density at radius 3 is 2.57 bits per heavy atom. The van der Waals surface area contributed by atoms with Crippen LogP contribution in [0.1, 0.15) is 26.7 Å². The summed E-state index contributed by atoms with van der Waals surface area (Å²) in [5.41, 5.74) is 1.19. The third kappa shape index (κ3) is 4.21. The van der Waals surface area contributed by atoms with Crippen molar-refractivity contribution in [2.24, 2.45) is 0 Å². The van der Waals surface area contributed by atoms with Crippen molar-refractivity contribution in [3.8, 4) is 11.4 Å². The first-order valence-corrected chi connectivity index (χ1v) is 11.3. The first kappa shape index (κ1) is 20.5. The van der Waals surface area contributed by atoms with Gasteiger partial charge in [0.25, 0.3) is 5.56 Å². The minimum atomic E-state index is -0.144. The van der Waals surface area contributed by atoms with Crippen molar-refractivity contribution >= 4 is 28.6 Å². The van der Waals surface area contributed by atoms with Crippen LogP contribution < -0.4 is 10.3 Å². The zero-order valence-electron chi connectivity index (χ0n) is 17.2. The molecule has 0 N–H and O–H groups in total. The Hall–Kier alpha value is -2.80. The highest BCUT2D eigenvalue weighted by molar-refractivity contribution is 7.99. The zero-order chi connectivity index (χ0) is 21.1. The number of rotatable bonds is 8. The lowest BCUT2D eigenvalue weighted by molar-refractivity contribution is -0.128. The van der Waals surface area contributed by atoms with Gasteiger partial charge in [-0.15, -0.1) is 0 Å². The zero-order valence-corrected chi connectivity index (χ0v) is 18.0. The Labute approximate surface area is 179 Å². The molecule has 30 heavy (non-hydrogen) atoms. The van der Waals surface area contributed by atoms with Gasteiger partial charge in [0, 0.05) is 12.6 Å². The van der Waals surface area contributed by atoms with Gasteiger partial charge >= 0.3 is 0 Å². The van der Waals surface area contributed by atoms with Crippen LogP contribution in [-0.4, -0.2) is 45.3 Å². The van der Waals surface area contributed by atoms with E-state index in [1.54, 1.807) is 10.6 Å². The third-order valence-corrected chi connectivity index (χ3v) is 6.05. The lowest BCUT2D eigenvalue weighted by Gasteiger charge is -2.20. The van der Waals surface area contributed by atoms with Crippen molar-refractivity contribution < 1.29 is 9.53 Å². The maximum atomic E-state index is 13.3. The molecule has 1 aliphatic rings. The number of thioether (sulfide) groups is 1. The number of carbonyl (C=O) groups excluding carboxylic acids is 1. The van der Waals surface area contributed by atoms with Gasteiger partial charge in [0.15, 0.2) is 5.16 Å². The van der Waals surface area contributed by atoms with E-state index >= 15 is 0 Å². The Bertz CT molecular complexity index is 1110. The molecule has 156 valence electrons. The molecule has 3 aromatic rings. The van der Waals surface area contributed by atoms with E-state index in [9.17, 15) is 9.59 Å². The fourth-order valence-electron chi connectivity index (χ4n) is 3.53. The van der Waals surface area contributed by atoms with Gasteiger partial charge in [-0.25, -0.2) is 4.98 Å². The molecule has 1 fully saturated rings. The summed E-state index contributed by atoms with van der Waals surface area (Å²) in [5.74, 6) is 1.09. The second-order valence-electron chi connectivity index (χ2n) is 7.18. The van der Waals surface area contributed by atoms with Crippen LogP contribution in [0.5, 0.6) is 5.75 Å². The SMILES string of the molecule is CCOc1ccc(-n2c(SCC(=O)N(CC)C3CC3)nc3ccccc3c2=O)cc1. The smallest absolute Gasteiger partial charge is 0.266 e. The number of nitrogens with zero attached hydrogens (tertiary/aromatic N) is 3. The van der Waals surface area contributed by atoms with E-state index in [2.05, 4.69) is 0 Å². The highest BCUT2D eigenvalue weighted by Crippen LogP contribution is 2.28. The molecule has 0 radical (unpaired) electrons. The number of carbonyl (C=O) groups is 1. The molecule has 1 heterocycles. The molecule has 0 spiro atoms. The number of hydrogen-bond acceptors (Lipinski definition) is 5. The maximum absolute atomic E-state index is 13.3. The summed E-state index contributed by atoms with van der Waals surface area (Å²) >= 11 is 1.31. The quantitative estimate of drug-likeness (QED) is 0.406. The van der Waals surface area contributed by atoms with Crippen LogP contribution in [0.4, 0.5) is 0 Å². The van der Waals surface area contributed by atoms with Crippen LogP contribution in [0.3, 0.4) is 0 Å². The van der Waals surface area contributed by atoms with E-state index in [-0.39, 0.29) is 17.2 Å². The van der Waals surface area contributed by atoms with Gasteiger partial charge in [-0.2, -0.15) is 0 Å². The second-order valence-corrected chi connectivity index (χ2v) is 8.12. The first-order valence-electron chi connectivity index (χ1n) is 10.3. The number of para-hydroxylation sites is 1. The fraction of sp³-hybridized carbons (Fsp3) is 0.348. The fourth-order valence-corrected chi connectivity index (χ4v) is 4.43. The molecule has 1 amide bonds. The van der Waals surface area contributed by atoms with Crippen molar-refractivity contribution in [3.05, 3.63) is 58.9 Å². The molecule has 1 saturated carbocycles. The van der Waals surface area contributed by atoms with Gasteiger partial charge < -0.3 is 9.64 Å². The first-order chi connectivity index (χ1) is 14.6. The van der Waals surface area contributed by atoms with Gasteiger partial charge in [-0.05, 0) is 63.1 Å². The van der Waals surface area contributed by atoms with Crippen molar-refractivity contribution in [1.29, 1.82) is 0 Å². The second kappa shape index (κ2) is 8.92. The van der Waals surface area contributed by atoms with Crippen LogP contribution in [0, 0.1) is 0 Å². The molecule has 7 heteroatoms. The average molecular weight is 424 g/mol. The standard InChI is InChI=1S/C23H25N3O3S/c1-3-25(16-9-10-16)21(27)15-30-23-24-20-8-6-5-7-19(20)22(28)26(23)17-11-13-18(14-12-17)29-4-2/h5-8,11-14,16H,3-4,9-10,15H2,1-2H3. The summed E-state index contributed by atoms with van der Waals surface area (Å²) in [6, 6.07) is 15.0. The highest BCUT2D eigenvalue weighted by atomic mass is 32.2. The summed E-state index contributed by atoms with van der Waals surface area (Å²) in [4.78, 5) is 32.6. The molecule has 6 nitrogen and oxygen atoms in total. The highest BCUT2D eigenvalue weighted by Gasteiger charge is 2.31. The van der Waals surface area contributed by atoms with Crippen molar-refractivity contribution in [1.82, 2.24) is 14.5 Å². The molecule has 1 aliphatic carbocycles. The van der Waals surface area contributed by atoms with Crippen molar-refractivity contribution in [2.75, 3.05) is 18.9 Å². The van der Waals surface area contributed by atoms with E-state index in [0.29, 0.717) is 40.9 Å². The van der Waals surface area contributed by atoms with E-state index in [1.165, 1.54) is 11.8 Å². The van der Waals surface area contributed by atoms with Gasteiger partial charge in [-0.3, -0.25) is 14.2 Å². The maximum Gasteiger partial charge on any atom is 0.266 e. The molecule has 0 bridgehead atoms. The number of amides is 1. The predicted octanol–water partition coefficient (Wildman–Crippen LogP) is 3.89. The van der Waals surface area contributed by atoms with E-state index in [0.717, 1.165) is 18.6 Å². The normalized spacial score (nSPS) is 13.4. The monoisotopic (exact) mass is 423 g/mol. The van der Waals surface area contributed by atoms with Gasteiger partial charge in [0.1, 0.15) is 5.75 Å². The summed E-state index contributed by atoms with van der Waals surface area (Å²) in [6.07, 6.45) is 2.16. The molecular weight excluding hydrogens is 398 g/mol. The number of ether oxygens (including phenoxy) is 1. The summed E-state index contributed by atoms with van der Waals surface area (Å²) in [7, 11) is 0. The Morgan fingerprint density at radius 2 is 1.90 bits per heavy atom. The van der Waals surface area contributed by atoms with Crippen LogP contribution in [0.2, 0.25) is 0 Å². The average Bonchev–Trinajstić information content (AvgIpc) is 3.59. The molecule has 1 aromatic heterocycles. The summed E-state index contributed by atoms with van der Waals surface area (Å²) in [5, 5.41) is 1.07. The third-order valence-electron chi connectivity index (χ3n) is 5.12. The van der Waals surface area contributed by atoms with E-state index in [1.807, 2.05) is 61.2 Å². The lowest BCUT2D eigenvalue weighted by Crippen LogP contribution is -2.34.